The number of esters is 1. The van der Waals surface area contributed by atoms with Crippen LogP contribution in [0.15, 0.2) is 82.8 Å². The van der Waals surface area contributed by atoms with Gasteiger partial charge in [0, 0.05) is 23.3 Å². The first-order valence-electron chi connectivity index (χ1n) is 11.7. The van der Waals surface area contributed by atoms with Gasteiger partial charge in [-0.25, -0.2) is 10.1 Å². The number of nitrogens with zero attached hydrogens (tertiary/aromatic N) is 2. The van der Waals surface area contributed by atoms with Crippen LogP contribution in [0.1, 0.15) is 18.4 Å². The van der Waals surface area contributed by atoms with E-state index in [0.29, 0.717) is 5.70 Å². The van der Waals surface area contributed by atoms with E-state index < -0.39 is 5.97 Å². The molecule has 4 rings (SSSR count). The number of ether oxygens (including phenoxy) is 2. The van der Waals surface area contributed by atoms with Gasteiger partial charge < -0.3 is 20.2 Å². The Hall–Kier alpha value is -2.98. The predicted octanol–water partition coefficient (Wildman–Crippen LogP) is 5.04. The topological polar surface area (TPSA) is 94.0 Å². The summed E-state index contributed by atoms with van der Waals surface area (Å²) in [5.74, 6) is 6.36. The summed E-state index contributed by atoms with van der Waals surface area (Å²) in [4.78, 5) is 12.6. The second-order valence-electron chi connectivity index (χ2n) is 8.27. The van der Waals surface area contributed by atoms with Crippen LogP contribution in [-0.4, -0.2) is 48.6 Å². The monoisotopic (exact) mass is 526 g/mol. The summed E-state index contributed by atoms with van der Waals surface area (Å²) in [5.41, 5.74) is 9.42. The zero-order valence-electron chi connectivity index (χ0n) is 20.9. The molecule has 0 aliphatic carbocycles. The third-order valence-corrected chi connectivity index (χ3v) is 7.94. The minimum atomic E-state index is -0.397. The number of aryl methyl sites for hydroxylation is 1. The van der Waals surface area contributed by atoms with Gasteiger partial charge in [0.25, 0.3) is 0 Å². The average Bonchev–Trinajstić information content (AvgIpc) is 3.55. The number of hydrogen-bond acceptors (Lipinski definition) is 9. The summed E-state index contributed by atoms with van der Waals surface area (Å²) in [7, 11) is 3.01. The van der Waals surface area contributed by atoms with E-state index in [1.165, 1.54) is 32.3 Å². The van der Waals surface area contributed by atoms with Crippen LogP contribution in [0.2, 0.25) is 0 Å². The largest absolute Gasteiger partial charge is 0.497 e. The van der Waals surface area contributed by atoms with Crippen molar-refractivity contribution in [3.8, 4) is 16.2 Å². The normalized spacial score (nSPS) is 15.7. The SMILES string of the molecule is COC(=O)CN(N)/C=C(\N)C1CCCN1Sc1ccc(-c2ccccc2)s1.COc1ccc(C)cc1. The molecular formula is C27H34N4O3S2. The van der Waals surface area contributed by atoms with Gasteiger partial charge in [-0.1, -0.05) is 48.0 Å². The minimum Gasteiger partial charge on any atom is -0.497 e. The lowest BCUT2D eigenvalue weighted by molar-refractivity contribution is -0.141. The Morgan fingerprint density at radius 2 is 1.86 bits per heavy atom. The zero-order chi connectivity index (χ0) is 25.9. The third-order valence-electron chi connectivity index (χ3n) is 5.55. The van der Waals surface area contributed by atoms with Crippen LogP contribution in [0.25, 0.3) is 10.4 Å². The molecule has 1 fully saturated rings. The summed E-state index contributed by atoms with van der Waals surface area (Å²) >= 11 is 3.51. The molecule has 36 heavy (non-hydrogen) atoms. The van der Waals surface area contributed by atoms with Crippen LogP contribution in [0.4, 0.5) is 0 Å². The Bertz CT molecular complexity index is 1120. The maximum absolute atomic E-state index is 11.3. The lowest BCUT2D eigenvalue weighted by Crippen LogP contribution is -2.36. The van der Waals surface area contributed by atoms with E-state index in [1.54, 1.807) is 36.6 Å². The van der Waals surface area contributed by atoms with Crippen molar-refractivity contribution in [2.75, 3.05) is 27.3 Å². The lowest BCUT2D eigenvalue weighted by atomic mass is 10.2. The average molecular weight is 527 g/mol. The van der Waals surface area contributed by atoms with E-state index >= 15 is 0 Å². The molecule has 0 spiro atoms. The van der Waals surface area contributed by atoms with E-state index in [-0.39, 0.29) is 12.6 Å². The van der Waals surface area contributed by atoms with Crippen molar-refractivity contribution in [2.24, 2.45) is 11.6 Å². The molecular weight excluding hydrogens is 492 g/mol. The minimum absolute atomic E-state index is 0.0254. The quantitative estimate of drug-likeness (QED) is 0.183. The van der Waals surface area contributed by atoms with E-state index in [9.17, 15) is 4.79 Å². The van der Waals surface area contributed by atoms with Crippen LogP contribution in [-0.2, 0) is 9.53 Å². The van der Waals surface area contributed by atoms with E-state index in [2.05, 4.69) is 52.4 Å². The lowest BCUT2D eigenvalue weighted by Gasteiger charge is -2.24. The standard InChI is InChI=1S/C19H24N4O2S2.C8H10O/c1-25-18(24)13-22(21)12-15(20)16-8-5-11-23(16)27-19-10-9-17(26-19)14-6-3-2-4-7-14;1-7-3-5-8(9-2)6-4-7/h2-4,6-7,9-10,12,16H,5,8,11,13,20-21H2,1H3;3-6H,1-2H3/b15-12-;. The Balaban J connectivity index is 0.000000338. The second-order valence-corrected chi connectivity index (χ2v) is 10.7. The number of rotatable bonds is 8. The number of carbonyl (C=O) groups excluding carboxylic acids is 1. The number of hydrazine groups is 1. The van der Waals surface area contributed by atoms with Crippen molar-refractivity contribution in [1.29, 1.82) is 0 Å². The molecule has 9 heteroatoms. The van der Waals surface area contributed by atoms with Gasteiger partial charge in [-0.3, -0.25) is 4.79 Å². The van der Waals surface area contributed by atoms with Gasteiger partial charge in [0.15, 0.2) is 0 Å². The van der Waals surface area contributed by atoms with E-state index in [1.807, 2.05) is 30.3 Å². The smallest absolute Gasteiger partial charge is 0.326 e. The number of nitrogens with two attached hydrogens (primary N) is 2. The molecule has 0 radical (unpaired) electrons. The first-order chi connectivity index (χ1) is 17.4. The molecule has 1 aliphatic rings. The van der Waals surface area contributed by atoms with Crippen LogP contribution in [0, 0.1) is 6.92 Å². The van der Waals surface area contributed by atoms with Crippen molar-refractivity contribution >= 4 is 29.3 Å². The third kappa shape index (κ3) is 8.30. The highest BCUT2D eigenvalue weighted by molar-refractivity contribution is 7.99. The van der Waals surface area contributed by atoms with Crippen LogP contribution < -0.4 is 16.3 Å². The highest BCUT2D eigenvalue weighted by Gasteiger charge is 2.28. The van der Waals surface area contributed by atoms with Crippen LogP contribution in [0.5, 0.6) is 5.75 Å². The van der Waals surface area contributed by atoms with Gasteiger partial charge in [-0.15, -0.1) is 11.3 Å². The van der Waals surface area contributed by atoms with Crippen LogP contribution >= 0.6 is 23.3 Å². The molecule has 4 N–H and O–H groups in total. The Morgan fingerprint density at radius 3 is 2.53 bits per heavy atom. The summed E-state index contributed by atoms with van der Waals surface area (Å²) in [6.45, 7) is 2.99. The van der Waals surface area contributed by atoms with Gasteiger partial charge in [-0.2, -0.15) is 0 Å². The number of carbonyl (C=O) groups is 1. The highest BCUT2D eigenvalue weighted by Crippen LogP contribution is 2.39. The summed E-state index contributed by atoms with van der Waals surface area (Å²) in [6, 6.07) is 22.7. The van der Waals surface area contributed by atoms with Crippen LogP contribution in [0.3, 0.4) is 0 Å². The predicted molar refractivity (Wildman–Crippen MR) is 148 cm³/mol. The van der Waals surface area contributed by atoms with Crippen molar-refractivity contribution < 1.29 is 14.3 Å². The molecule has 1 atom stereocenters. The first-order valence-corrected chi connectivity index (χ1v) is 13.2. The number of benzene rings is 2. The van der Waals surface area contributed by atoms with Gasteiger partial charge in [-0.05, 0) is 61.5 Å². The van der Waals surface area contributed by atoms with Crippen molar-refractivity contribution in [2.45, 2.75) is 30.0 Å². The second kappa shape index (κ2) is 13.9. The summed E-state index contributed by atoms with van der Waals surface area (Å²) < 4.78 is 13.1. The molecule has 1 saturated heterocycles. The van der Waals surface area contributed by atoms with Crippen molar-refractivity contribution in [3.63, 3.8) is 0 Å². The molecule has 7 nitrogen and oxygen atoms in total. The van der Waals surface area contributed by atoms with Crippen molar-refractivity contribution in [3.05, 3.63) is 84.2 Å². The maximum atomic E-state index is 11.3. The number of thiophene rings is 1. The van der Waals surface area contributed by atoms with Crippen molar-refractivity contribution in [1.82, 2.24) is 9.31 Å². The fraction of sp³-hybridized carbons (Fsp3) is 0.296. The fourth-order valence-corrected chi connectivity index (χ4v) is 6.02. The molecule has 2 aromatic carbocycles. The van der Waals surface area contributed by atoms with Gasteiger partial charge in [0.05, 0.1) is 24.5 Å². The number of methoxy groups -OCH3 is 2. The fourth-order valence-electron chi connectivity index (χ4n) is 3.64. The Labute approximate surface area is 221 Å². The molecule has 3 aromatic rings. The van der Waals surface area contributed by atoms with Gasteiger partial charge >= 0.3 is 5.97 Å². The first kappa shape index (κ1) is 27.6. The molecule has 1 aliphatic heterocycles. The molecule has 0 bridgehead atoms. The molecule has 1 unspecified atom stereocenters. The van der Waals surface area contributed by atoms with Gasteiger partial charge in [0.2, 0.25) is 0 Å². The van der Waals surface area contributed by atoms with Gasteiger partial charge in [0.1, 0.15) is 12.3 Å². The molecule has 0 amide bonds. The molecule has 0 saturated carbocycles. The Kier molecular flexibility index (Phi) is 10.7. The van der Waals surface area contributed by atoms with E-state index in [0.717, 1.165) is 25.1 Å². The molecule has 1 aromatic heterocycles. The highest BCUT2D eigenvalue weighted by atomic mass is 32.2. The molecule has 192 valence electrons. The molecule has 2 heterocycles. The number of hydrogen-bond donors (Lipinski definition) is 2. The maximum Gasteiger partial charge on any atom is 0.326 e. The zero-order valence-corrected chi connectivity index (χ0v) is 22.6. The Morgan fingerprint density at radius 1 is 1.14 bits per heavy atom. The summed E-state index contributed by atoms with van der Waals surface area (Å²) in [6.07, 6.45) is 3.67. The summed E-state index contributed by atoms with van der Waals surface area (Å²) in [5, 5.41) is 1.28. The van der Waals surface area contributed by atoms with E-state index in [4.69, 9.17) is 16.3 Å².